The second-order valence-corrected chi connectivity index (χ2v) is 5.60. The molecular formula is C16H16BrFN2O. The number of carbonyl (C=O) groups excluding carboxylic acids is 1. The highest BCUT2D eigenvalue weighted by Crippen LogP contribution is 2.20. The third kappa shape index (κ3) is 4.56. The van der Waals surface area contributed by atoms with Crippen LogP contribution in [0.2, 0.25) is 0 Å². The molecule has 21 heavy (non-hydrogen) atoms. The molecule has 0 heterocycles. The van der Waals surface area contributed by atoms with E-state index in [-0.39, 0.29) is 11.8 Å². The summed E-state index contributed by atoms with van der Waals surface area (Å²) in [6.45, 7) is 2.29. The van der Waals surface area contributed by atoms with Crippen molar-refractivity contribution < 1.29 is 9.18 Å². The zero-order valence-electron chi connectivity index (χ0n) is 11.6. The fourth-order valence-corrected chi connectivity index (χ4v) is 2.27. The van der Waals surface area contributed by atoms with Crippen molar-refractivity contribution >= 4 is 27.6 Å². The number of aryl methyl sites for hydroxylation is 1. The first-order valence-electron chi connectivity index (χ1n) is 6.60. The van der Waals surface area contributed by atoms with E-state index >= 15 is 0 Å². The van der Waals surface area contributed by atoms with Crippen LogP contribution in [0.25, 0.3) is 0 Å². The van der Waals surface area contributed by atoms with Crippen molar-refractivity contribution in [1.82, 2.24) is 5.32 Å². The highest BCUT2D eigenvalue weighted by molar-refractivity contribution is 9.10. The fourth-order valence-electron chi connectivity index (χ4n) is 1.91. The van der Waals surface area contributed by atoms with Crippen molar-refractivity contribution in [3.8, 4) is 0 Å². The van der Waals surface area contributed by atoms with Gasteiger partial charge in [0.25, 0.3) is 0 Å². The lowest BCUT2D eigenvalue weighted by Gasteiger charge is -2.10. The van der Waals surface area contributed by atoms with Gasteiger partial charge in [-0.15, -0.1) is 0 Å². The van der Waals surface area contributed by atoms with Gasteiger partial charge in [0.2, 0.25) is 0 Å². The van der Waals surface area contributed by atoms with E-state index in [4.69, 9.17) is 0 Å². The Morgan fingerprint density at radius 1 is 1.24 bits per heavy atom. The van der Waals surface area contributed by atoms with Gasteiger partial charge < -0.3 is 10.6 Å². The summed E-state index contributed by atoms with van der Waals surface area (Å²) in [4.78, 5) is 11.8. The van der Waals surface area contributed by atoms with E-state index in [0.717, 1.165) is 15.7 Å². The van der Waals surface area contributed by atoms with E-state index in [1.807, 2.05) is 25.1 Å². The van der Waals surface area contributed by atoms with Crippen molar-refractivity contribution in [3.05, 3.63) is 63.9 Å². The molecule has 0 aliphatic rings. The Labute approximate surface area is 131 Å². The van der Waals surface area contributed by atoms with Crippen LogP contribution in [0.1, 0.15) is 11.1 Å². The van der Waals surface area contributed by atoms with Crippen LogP contribution >= 0.6 is 15.9 Å². The van der Waals surface area contributed by atoms with Crippen molar-refractivity contribution in [2.75, 3.05) is 11.9 Å². The number of halogens is 2. The lowest BCUT2D eigenvalue weighted by molar-refractivity contribution is 0.252. The van der Waals surface area contributed by atoms with Gasteiger partial charge in [0, 0.05) is 16.7 Å². The van der Waals surface area contributed by atoms with Crippen molar-refractivity contribution in [1.29, 1.82) is 0 Å². The van der Waals surface area contributed by atoms with Crippen LogP contribution in [0.3, 0.4) is 0 Å². The summed E-state index contributed by atoms with van der Waals surface area (Å²) in [5.74, 6) is -0.248. The number of benzene rings is 2. The molecule has 2 amide bonds. The zero-order valence-corrected chi connectivity index (χ0v) is 13.2. The molecule has 3 nitrogen and oxygen atoms in total. The summed E-state index contributed by atoms with van der Waals surface area (Å²) in [5.41, 5.74) is 2.31. The maximum Gasteiger partial charge on any atom is 0.319 e. The number of nitrogens with one attached hydrogen (secondary N) is 2. The first-order chi connectivity index (χ1) is 10.1. The Balaban J connectivity index is 1.85. The number of hydrogen-bond donors (Lipinski definition) is 2. The predicted octanol–water partition coefficient (Wildman–Crippen LogP) is 4.26. The van der Waals surface area contributed by atoms with Gasteiger partial charge in [-0.05, 0) is 42.7 Å². The van der Waals surface area contributed by atoms with Crippen LogP contribution in [0.4, 0.5) is 14.9 Å². The molecule has 0 aliphatic heterocycles. The fraction of sp³-hybridized carbons (Fsp3) is 0.188. The Bertz CT molecular complexity index is 646. The summed E-state index contributed by atoms with van der Waals surface area (Å²) in [5, 5.41) is 5.50. The minimum absolute atomic E-state index is 0.248. The molecule has 5 heteroatoms. The first kappa shape index (κ1) is 15.5. The molecule has 0 spiro atoms. The van der Waals surface area contributed by atoms with Gasteiger partial charge in [-0.1, -0.05) is 40.2 Å². The molecule has 0 saturated heterocycles. The Morgan fingerprint density at radius 3 is 2.76 bits per heavy atom. The van der Waals surface area contributed by atoms with Crippen molar-refractivity contribution in [3.63, 3.8) is 0 Å². The molecule has 0 saturated carbocycles. The predicted molar refractivity (Wildman–Crippen MR) is 86.0 cm³/mol. The maximum atomic E-state index is 13.4. The normalized spacial score (nSPS) is 10.2. The standard InChI is InChI=1S/C16H16BrFN2O/c1-11-6-7-13(17)10-15(11)20-16(21)19-9-8-12-4-2-3-5-14(12)18/h2-7,10H,8-9H2,1H3,(H2,19,20,21). The number of hydrogen-bond acceptors (Lipinski definition) is 1. The van der Waals surface area contributed by atoms with E-state index in [0.29, 0.717) is 18.5 Å². The third-order valence-corrected chi connectivity index (χ3v) is 3.58. The number of carbonyl (C=O) groups is 1. The molecule has 0 atom stereocenters. The van der Waals surface area contributed by atoms with Crippen molar-refractivity contribution in [2.45, 2.75) is 13.3 Å². The van der Waals surface area contributed by atoms with E-state index < -0.39 is 0 Å². The zero-order chi connectivity index (χ0) is 15.2. The highest BCUT2D eigenvalue weighted by atomic mass is 79.9. The van der Waals surface area contributed by atoms with Crippen LogP contribution in [-0.4, -0.2) is 12.6 Å². The molecule has 2 rings (SSSR count). The van der Waals surface area contributed by atoms with Crippen LogP contribution < -0.4 is 10.6 Å². The highest BCUT2D eigenvalue weighted by Gasteiger charge is 2.05. The van der Waals surface area contributed by atoms with Crippen LogP contribution in [0, 0.1) is 12.7 Å². The van der Waals surface area contributed by atoms with Crippen LogP contribution in [-0.2, 0) is 6.42 Å². The Kier molecular flexibility index (Phi) is 5.33. The quantitative estimate of drug-likeness (QED) is 0.849. The first-order valence-corrected chi connectivity index (χ1v) is 7.40. The number of amides is 2. The molecular weight excluding hydrogens is 335 g/mol. The Hall–Kier alpha value is -1.88. The second kappa shape index (κ2) is 7.22. The van der Waals surface area contributed by atoms with Crippen LogP contribution in [0.5, 0.6) is 0 Å². The van der Waals surface area contributed by atoms with Crippen molar-refractivity contribution in [2.24, 2.45) is 0 Å². The molecule has 0 aliphatic carbocycles. The van der Waals surface area contributed by atoms with Gasteiger partial charge >= 0.3 is 6.03 Å². The average molecular weight is 351 g/mol. The third-order valence-electron chi connectivity index (χ3n) is 3.09. The van der Waals surface area contributed by atoms with Gasteiger partial charge in [-0.2, -0.15) is 0 Å². The van der Waals surface area contributed by atoms with Crippen LogP contribution in [0.15, 0.2) is 46.9 Å². The lowest BCUT2D eigenvalue weighted by atomic mass is 10.1. The number of urea groups is 1. The van der Waals surface area contributed by atoms with Gasteiger partial charge in [-0.3, -0.25) is 0 Å². The van der Waals surface area contributed by atoms with E-state index in [9.17, 15) is 9.18 Å². The lowest BCUT2D eigenvalue weighted by Crippen LogP contribution is -2.30. The molecule has 2 aromatic carbocycles. The molecule has 0 fully saturated rings. The smallest absolute Gasteiger partial charge is 0.319 e. The molecule has 2 aromatic rings. The van der Waals surface area contributed by atoms with Gasteiger partial charge in [0.1, 0.15) is 5.82 Å². The van der Waals surface area contributed by atoms with E-state index in [2.05, 4.69) is 26.6 Å². The molecule has 0 bridgehead atoms. The minimum Gasteiger partial charge on any atom is -0.338 e. The van der Waals surface area contributed by atoms with Gasteiger partial charge in [0.05, 0.1) is 0 Å². The summed E-state index contributed by atoms with van der Waals surface area (Å²) >= 11 is 3.36. The summed E-state index contributed by atoms with van der Waals surface area (Å²) in [6.07, 6.45) is 0.456. The SMILES string of the molecule is Cc1ccc(Br)cc1NC(=O)NCCc1ccccc1F. The topological polar surface area (TPSA) is 41.1 Å². The molecule has 2 N–H and O–H groups in total. The molecule has 0 unspecified atom stereocenters. The summed E-state index contributed by atoms with van der Waals surface area (Å²) in [7, 11) is 0. The minimum atomic E-state index is -0.299. The second-order valence-electron chi connectivity index (χ2n) is 4.68. The largest absolute Gasteiger partial charge is 0.338 e. The molecule has 0 radical (unpaired) electrons. The monoisotopic (exact) mass is 350 g/mol. The summed E-state index contributed by atoms with van der Waals surface area (Å²) < 4.78 is 14.3. The van der Waals surface area contributed by atoms with Gasteiger partial charge in [0.15, 0.2) is 0 Å². The number of anilines is 1. The maximum absolute atomic E-state index is 13.4. The number of rotatable bonds is 4. The average Bonchev–Trinajstić information content (AvgIpc) is 2.45. The van der Waals surface area contributed by atoms with Gasteiger partial charge in [-0.25, -0.2) is 9.18 Å². The van der Waals surface area contributed by atoms with E-state index in [1.165, 1.54) is 6.07 Å². The molecule has 0 aromatic heterocycles. The molecule has 110 valence electrons. The summed E-state index contributed by atoms with van der Waals surface area (Å²) in [6, 6.07) is 11.9. The Morgan fingerprint density at radius 2 is 2.00 bits per heavy atom. The van der Waals surface area contributed by atoms with E-state index in [1.54, 1.807) is 18.2 Å².